The van der Waals surface area contributed by atoms with Gasteiger partial charge < -0.3 is 10.6 Å². The highest BCUT2D eigenvalue weighted by Gasteiger charge is 2.19. The van der Waals surface area contributed by atoms with E-state index in [9.17, 15) is 9.59 Å². The second kappa shape index (κ2) is 14.0. The minimum absolute atomic E-state index is 0.0876. The van der Waals surface area contributed by atoms with Crippen molar-refractivity contribution in [1.82, 2.24) is 10.6 Å². The molecule has 1 rings (SSSR count). The number of allylic oxidation sites excluding steroid dienone is 4. The van der Waals surface area contributed by atoms with Crippen LogP contribution in [0.3, 0.4) is 0 Å². The maximum absolute atomic E-state index is 12.4. The number of carbonyl (C=O) groups excluding carboxylic acids is 2. The normalized spacial score (nSPS) is 17.6. The van der Waals surface area contributed by atoms with Gasteiger partial charge in [-0.25, -0.2) is 0 Å². The zero-order valence-electron chi connectivity index (χ0n) is 17.9. The quantitative estimate of drug-likeness (QED) is 0.266. The van der Waals surface area contributed by atoms with Crippen molar-refractivity contribution in [3.8, 4) is 0 Å². The van der Waals surface area contributed by atoms with Crippen LogP contribution in [-0.4, -0.2) is 24.4 Å². The molecule has 0 spiro atoms. The summed E-state index contributed by atoms with van der Waals surface area (Å²) < 4.78 is 0. The Balaban J connectivity index is 2.56. The maximum atomic E-state index is 12.4. The summed E-state index contributed by atoms with van der Waals surface area (Å²) in [5, 5.41) is 6.10. The molecule has 2 unspecified atom stereocenters. The fourth-order valence-corrected chi connectivity index (χ4v) is 3.23. The first-order valence-electron chi connectivity index (χ1n) is 10.9. The number of amides is 2. The Morgan fingerprint density at radius 3 is 2.57 bits per heavy atom. The molecule has 0 aromatic carbocycles. The number of hydrogen-bond acceptors (Lipinski definition) is 2. The molecule has 0 aliphatic heterocycles. The van der Waals surface area contributed by atoms with Gasteiger partial charge in [0.15, 0.2) is 0 Å². The predicted octanol–water partition coefficient (Wildman–Crippen LogP) is 4.99. The van der Waals surface area contributed by atoms with Gasteiger partial charge in [-0.05, 0) is 37.3 Å². The van der Waals surface area contributed by atoms with Crippen LogP contribution in [0.5, 0.6) is 0 Å². The molecule has 2 amide bonds. The number of nitrogens with one attached hydrogen (secondary N) is 2. The lowest BCUT2D eigenvalue weighted by molar-refractivity contribution is -0.124. The van der Waals surface area contributed by atoms with Crippen molar-refractivity contribution in [3.63, 3.8) is 0 Å². The highest BCUT2D eigenvalue weighted by Crippen LogP contribution is 2.19. The monoisotopic (exact) mass is 386 g/mol. The van der Waals surface area contributed by atoms with Crippen LogP contribution < -0.4 is 10.6 Å². The molecule has 28 heavy (non-hydrogen) atoms. The maximum Gasteiger partial charge on any atom is 0.251 e. The van der Waals surface area contributed by atoms with Crippen molar-refractivity contribution in [2.75, 3.05) is 6.54 Å². The van der Waals surface area contributed by atoms with Crippen molar-refractivity contribution in [2.24, 2.45) is 5.92 Å². The minimum Gasteiger partial charge on any atom is -0.353 e. The molecular formula is C24H38N2O2. The van der Waals surface area contributed by atoms with E-state index < -0.39 is 0 Å². The van der Waals surface area contributed by atoms with E-state index in [-0.39, 0.29) is 23.8 Å². The average Bonchev–Trinajstić information content (AvgIpc) is 2.71. The zero-order chi connectivity index (χ0) is 20.8. The standard InChI is InChI=1S/C24H38N2O2/c1-5-9-10-11-17-25-23(27)20(7-3)18-19-13-15-21(16-14-19)24(28)26-22(8-4)12-6-2/h7,13-15,18,21-22H,3,5-6,8-12,16-17H2,1-2,4H3,(H,25,27)(H,26,28)/b20-18+. The molecule has 4 heteroatoms. The van der Waals surface area contributed by atoms with Gasteiger partial charge in [0.05, 0.1) is 5.92 Å². The van der Waals surface area contributed by atoms with Gasteiger partial charge in [0.2, 0.25) is 5.91 Å². The third-order valence-electron chi connectivity index (χ3n) is 5.06. The second-order valence-electron chi connectivity index (χ2n) is 7.43. The summed E-state index contributed by atoms with van der Waals surface area (Å²) in [7, 11) is 0. The van der Waals surface area contributed by atoms with Crippen LogP contribution >= 0.6 is 0 Å². The van der Waals surface area contributed by atoms with E-state index in [0.29, 0.717) is 18.5 Å². The molecule has 0 radical (unpaired) electrons. The van der Waals surface area contributed by atoms with Crippen LogP contribution in [0.1, 0.15) is 72.1 Å². The van der Waals surface area contributed by atoms with E-state index in [0.717, 1.165) is 37.7 Å². The summed E-state index contributed by atoms with van der Waals surface area (Å²) in [6, 6.07) is 0.254. The molecule has 2 atom stereocenters. The van der Waals surface area contributed by atoms with Gasteiger partial charge in [0, 0.05) is 18.2 Å². The van der Waals surface area contributed by atoms with Crippen LogP contribution in [-0.2, 0) is 9.59 Å². The van der Waals surface area contributed by atoms with E-state index in [2.05, 4.69) is 38.0 Å². The van der Waals surface area contributed by atoms with Gasteiger partial charge in [-0.15, -0.1) is 0 Å². The number of unbranched alkanes of at least 4 members (excludes halogenated alkanes) is 3. The van der Waals surface area contributed by atoms with Crippen LogP contribution in [0, 0.1) is 5.92 Å². The van der Waals surface area contributed by atoms with E-state index in [1.807, 2.05) is 24.3 Å². The Labute approximate surface area is 171 Å². The third-order valence-corrected chi connectivity index (χ3v) is 5.06. The van der Waals surface area contributed by atoms with Gasteiger partial charge in [0.1, 0.15) is 0 Å². The minimum atomic E-state index is -0.136. The first kappa shape index (κ1) is 23.9. The first-order valence-corrected chi connectivity index (χ1v) is 10.9. The molecule has 0 bridgehead atoms. The first-order chi connectivity index (χ1) is 13.5. The summed E-state index contributed by atoms with van der Waals surface area (Å²) in [6.07, 6.45) is 17.5. The molecule has 4 nitrogen and oxygen atoms in total. The van der Waals surface area contributed by atoms with Crippen LogP contribution in [0.2, 0.25) is 0 Å². The summed E-state index contributed by atoms with van der Waals surface area (Å²) in [5.74, 6) is -0.141. The lowest BCUT2D eigenvalue weighted by Crippen LogP contribution is -2.38. The van der Waals surface area contributed by atoms with Crippen molar-refractivity contribution < 1.29 is 9.59 Å². The lowest BCUT2D eigenvalue weighted by Gasteiger charge is -2.20. The summed E-state index contributed by atoms with van der Waals surface area (Å²) in [5.41, 5.74) is 1.50. The Bertz CT molecular complexity index is 602. The highest BCUT2D eigenvalue weighted by molar-refractivity contribution is 5.96. The Hall–Kier alpha value is -2.10. The molecular weight excluding hydrogens is 348 g/mol. The summed E-state index contributed by atoms with van der Waals surface area (Å²) in [4.78, 5) is 24.7. The topological polar surface area (TPSA) is 58.2 Å². The van der Waals surface area contributed by atoms with Crippen LogP contribution in [0.25, 0.3) is 0 Å². The van der Waals surface area contributed by atoms with Crippen molar-refractivity contribution >= 4 is 11.8 Å². The Kier molecular flexibility index (Phi) is 11.9. The largest absolute Gasteiger partial charge is 0.353 e. The fourth-order valence-electron chi connectivity index (χ4n) is 3.23. The molecule has 0 fully saturated rings. The van der Waals surface area contributed by atoms with E-state index in [1.54, 1.807) is 6.08 Å². The number of hydrogen-bond donors (Lipinski definition) is 2. The number of carbonyl (C=O) groups is 2. The van der Waals surface area contributed by atoms with Gasteiger partial charge >= 0.3 is 0 Å². The Morgan fingerprint density at radius 2 is 2.00 bits per heavy atom. The van der Waals surface area contributed by atoms with Crippen LogP contribution in [0.15, 0.2) is 48.1 Å². The molecule has 0 aromatic rings. The fraction of sp³-hybridized carbons (Fsp3) is 0.583. The Morgan fingerprint density at radius 1 is 1.21 bits per heavy atom. The van der Waals surface area contributed by atoms with Gasteiger partial charge in [0.25, 0.3) is 5.91 Å². The van der Waals surface area contributed by atoms with E-state index in [1.165, 1.54) is 12.8 Å². The molecule has 0 saturated carbocycles. The lowest BCUT2D eigenvalue weighted by atomic mass is 9.94. The zero-order valence-corrected chi connectivity index (χ0v) is 17.9. The SMILES string of the molecule is C=C/C(=C\C1=CCC(C(=O)NC(CC)CCC)C=C1)C(=O)NCCCCCC. The summed E-state index contributed by atoms with van der Waals surface area (Å²) in [6.45, 7) is 10.9. The molecule has 0 aromatic heterocycles. The predicted molar refractivity (Wildman–Crippen MR) is 118 cm³/mol. The van der Waals surface area contributed by atoms with Crippen molar-refractivity contribution in [2.45, 2.75) is 78.2 Å². The average molecular weight is 387 g/mol. The van der Waals surface area contributed by atoms with Crippen molar-refractivity contribution in [3.05, 3.63) is 48.1 Å². The van der Waals surface area contributed by atoms with E-state index >= 15 is 0 Å². The molecule has 1 aliphatic carbocycles. The summed E-state index contributed by atoms with van der Waals surface area (Å²) >= 11 is 0. The van der Waals surface area contributed by atoms with Gasteiger partial charge in [-0.3, -0.25) is 9.59 Å². The highest BCUT2D eigenvalue weighted by atomic mass is 16.2. The molecule has 0 heterocycles. The molecule has 156 valence electrons. The molecule has 2 N–H and O–H groups in total. The van der Waals surface area contributed by atoms with Crippen LogP contribution in [0.4, 0.5) is 0 Å². The second-order valence-corrected chi connectivity index (χ2v) is 7.43. The van der Waals surface area contributed by atoms with Gasteiger partial charge in [-0.2, -0.15) is 0 Å². The van der Waals surface area contributed by atoms with E-state index in [4.69, 9.17) is 0 Å². The molecule has 0 saturated heterocycles. The third kappa shape index (κ3) is 8.73. The van der Waals surface area contributed by atoms with Gasteiger partial charge in [-0.1, -0.05) is 77.3 Å². The number of rotatable bonds is 13. The van der Waals surface area contributed by atoms with Crippen molar-refractivity contribution in [1.29, 1.82) is 0 Å². The smallest absolute Gasteiger partial charge is 0.251 e. The molecule has 1 aliphatic rings.